The van der Waals surface area contributed by atoms with E-state index in [-0.39, 0.29) is 0 Å². The van der Waals surface area contributed by atoms with Gasteiger partial charge in [0.25, 0.3) is 0 Å². The van der Waals surface area contributed by atoms with Crippen LogP contribution >= 0.6 is 0 Å². The van der Waals surface area contributed by atoms with Gasteiger partial charge in [-0.1, -0.05) is 37.3 Å². The Morgan fingerprint density at radius 2 is 1.93 bits per heavy atom. The van der Waals surface area contributed by atoms with Crippen molar-refractivity contribution in [3.8, 4) is 0 Å². The number of benzene rings is 1. The molecule has 0 aliphatic heterocycles. The van der Waals surface area contributed by atoms with E-state index < -0.39 is 0 Å². The standard InChI is InChI=1S/C12H20N2/c1-3-12(9-13)14(2)10-11-7-5-4-6-8-11/h4-8,12H,3,9-10,13H2,1-2H3/t12-/m0/s1. The van der Waals surface area contributed by atoms with E-state index in [1.54, 1.807) is 0 Å². The molecule has 78 valence electrons. The maximum absolute atomic E-state index is 5.70. The van der Waals surface area contributed by atoms with Crippen LogP contribution in [-0.4, -0.2) is 24.5 Å². The maximum atomic E-state index is 5.70. The highest BCUT2D eigenvalue weighted by Gasteiger charge is 2.10. The molecule has 0 amide bonds. The summed E-state index contributed by atoms with van der Waals surface area (Å²) in [5, 5.41) is 0. The fraction of sp³-hybridized carbons (Fsp3) is 0.500. The van der Waals surface area contributed by atoms with Gasteiger partial charge in [-0.2, -0.15) is 0 Å². The third-order valence-corrected chi connectivity index (χ3v) is 2.64. The van der Waals surface area contributed by atoms with Crippen LogP contribution in [0, 0.1) is 0 Å². The first kappa shape index (κ1) is 11.2. The topological polar surface area (TPSA) is 29.3 Å². The van der Waals surface area contributed by atoms with Gasteiger partial charge < -0.3 is 5.73 Å². The Morgan fingerprint density at radius 3 is 2.43 bits per heavy atom. The van der Waals surface area contributed by atoms with Gasteiger partial charge in [0.15, 0.2) is 0 Å². The number of likely N-dealkylation sites (N-methyl/N-ethyl adjacent to an activating group) is 1. The Balaban J connectivity index is 2.52. The summed E-state index contributed by atoms with van der Waals surface area (Å²) in [6.45, 7) is 3.90. The van der Waals surface area contributed by atoms with Crippen LogP contribution < -0.4 is 5.73 Å². The van der Waals surface area contributed by atoms with Gasteiger partial charge in [-0.05, 0) is 19.0 Å². The van der Waals surface area contributed by atoms with E-state index in [0.29, 0.717) is 6.04 Å². The lowest BCUT2D eigenvalue weighted by atomic mass is 10.1. The van der Waals surface area contributed by atoms with E-state index in [1.807, 2.05) is 6.07 Å². The zero-order chi connectivity index (χ0) is 10.4. The van der Waals surface area contributed by atoms with Crippen LogP contribution in [-0.2, 0) is 6.54 Å². The lowest BCUT2D eigenvalue weighted by molar-refractivity contribution is 0.233. The minimum atomic E-state index is 0.496. The summed E-state index contributed by atoms with van der Waals surface area (Å²) in [6, 6.07) is 11.0. The van der Waals surface area contributed by atoms with Crippen LogP contribution in [0.3, 0.4) is 0 Å². The predicted octanol–water partition coefficient (Wildman–Crippen LogP) is 1.86. The summed E-state index contributed by atoms with van der Waals surface area (Å²) < 4.78 is 0. The third kappa shape index (κ3) is 3.13. The molecule has 2 nitrogen and oxygen atoms in total. The highest BCUT2D eigenvalue weighted by molar-refractivity contribution is 5.14. The van der Waals surface area contributed by atoms with Gasteiger partial charge in [0, 0.05) is 19.1 Å². The van der Waals surface area contributed by atoms with E-state index in [1.165, 1.54) is 5.56 Å². The molecule has 1 atom stereocenters. The molecule has 2 heteroatoms. The summed E-state index contributed by atoms with van der Waals surface area (Å²) in [7, 11) is 2.13. The number of nitrogens with zero attached hydrogens (tertiary/aromatic N) is 1. The number of nitrogens with two attached hydrogens (primary N) is 1. The van der Waals surface area contributed by atoms with Crippen LogP contribution in [0.15, 0.2) is 30.3 Å². The van der Waals surface area contributed by atoms with E-state index in [4.69, 9.17) is 5.73 Å². The molecule has 1 rings (SSSR count). The van der Waals surface area contributed by atoms with Gasteiger partial charge in [0.05, 0.1) is 0 Å². The van der Waals surface area contributed by atoms with Crippen molar-refractivity contribution in [2.75, 3.05) is 13.6 Å². The first-order valence-corrected chi connectivity index (χ1v) is 5.22. The predicted molar refractivity (Wildman–Crippen MR) is 61.0 cm³/mol. The molecule has 14 heavy (non-hydrogen) atoms. The van der Waals surface area contributed by atoms with Gasteiger partial charge in [-0.25, -0.2) is 0 Å². The average molecular weight is 192 g/mol. The number of rotatable bonds is 5. The fourth-order valence-electron chi connectivity index (χ4n) is 1.66. The molecule has 0 spiro atoms. The van der Waals surface area contributed by atoms with E-state index in [2.05, 4.69) is 43.1 Å². The van der Waals surface area contributed by atoms with Crippen molar-refractivity contribution >= 4 is 0 Å². The van der Waals surface area contributed by atoms with Crippen molar-refractivity contribution in [3.05, 3.63) is 35.9 Å². The summed E-state index contributed by atoms with van der Waals surface area (Å²) in [4.78, 5) is 2.31. The van der Waals surface area contributed by atoms with Crippen LogP contribution in [0.1, 0.15) is 18.9 Å². The lowest BCUT2D eigenvalue weighted by Crippen LogP contribution is -2.36. The normalized spacial score (nSPS) is 13.1. The molecule has 1 aromatic carbocycles. The summed E-state index contributed by atoms with van der Waals surface area (Å²) >= 11 is 0. The van der Waals surface area contributed by atoms with Crippen LogP contribution in [0.2, 0.25) is 0 Å². The van der Waals surface area contributed by atoms with Crippen molar-refractivity contribution in [1.29, 1.82) is 0 Å². The molecule has 0 radical (unpaired) electrons. The number of hydrogen-bond acceptors (Lipinski definition) is 2. The van der Waals surface area contributed by atoms with E-state index in [0.717, 1.165) is 19.5 Å². The van der Waals surface area contributed by atoms with Crippen molar-refractivity contribution in [3.63, 3.8) is 0 Å². The zero-order valence-electron chi connectivity index (χ0n) is 9.11. The number of hydrogen-bond donors (Lipinski definition) is 1. The quantitative estimate of drug-likeness (QED) is 0.771. The molecule has 0 aliphatic carbocycles. The lowest BCUT2D eigenvalue weighted by Gasteiger charge is -2.25. The molecule has 0 saturated carbocycles. The van der Waals surface area contributed by atoms with Crippen LogP contribution in [0.25, 0.3) is 0 Å². The summed E-state index contributed by atoms with van der Waals surface area (Å²) in [6.07, 6.45) is 1.11. The fourth-order valence-corrected chi connectivity index (χ4v) is 1.66. The van der Waals surface area contributed by atoms with Crippen LogP contribution in [0.4, 0.5) is 0 Å². The largest absolute Gasteiger partial charge is 0.329 e. The molecule has 0 aromatic heterocycles. The van der Waals surface area contributed by atoms with Gasteiger partial charge in [0.2, 0.25) is 0 Å². The highest BCUT2D eigenvalue weighted by atomic mass is 15.1. The molecule has 0 aliphatic rings. The van der Waals surface area contributed by atoms with Crippen molar-refractivity contribution in [2.24, 2.45) is 5.73 Å². The van der Waals surface area contributed by atoms with Crippen LogP contribution in [0.5, 0.6) is 0 Å². The monoisotopic (exact) mass is 192 g/mol. The molecule has 1 aromatic rings. The van der Waals surface area contributed by atoms with E-state index in [9.17, 15) is 0 Å². The second-order valence-electron chi connectivity index (χ2n) is 3.70. The molecular formula is C12H20N2. The van der Waals surface area contributed by atoms with E-state index >= 15 is 0 Å². The SMILES string of the molecule is CC[C@@H](CN)N(C)Cc1ccccc1. The zero-order valence-corrected chi connectivity index (χ0v) is 9.11. The Hall–Kier alpha value is -0.860. The minimum Gasteiger partial charge on any atom is -0.329 e. The van der Waals surface area contributed by atoms with Crippen molar-refractivity contribution < 1.29 is 0 Å². The smallest absolute Gasteiger partial charge is 0.0234 e. The van der Waals surface area contributed by atoms with Crippen molar-refractivity contribution in [1.82, 2.24) is 4.90 Å². The van der Waals surface area contributed by atoms with Gasteiger partial charge >= 0.3 is 0 Å². The highest BCUT2D eigenvalue weighted by Crippen LogP contribution is 2.07. The molecule has 2 N–H and O–H groups in total. The van der Waals surface area contributed by atoms with Gasteiger partial charge in [-0.3, -0.25) is 4.90 Å². The Labute approximate surface area is 86.7 Å². The maximum Gasteiger partial charge on any atom is 0.0234 e. The average Bonchev–Trinajstić information content (AvgIpc) is 2.21. The third-order valence-electron chi connectivity index (χ3n) is 2.64. The second kappa shape index (κ2) is 5.78. The van der Waals surface area contributed by atoms with Gasteiger partial charge in [0.1, 0.15) is 0 Å². The molecule has 0 heterocycles. The summed E-state index contributed by atoms with van der Waals surface area (Å²) in [5.74, 6) is 0. The molecule has 0 fully saturated rings. The summed E-state index contributed by atoms with van der Waals surface area (Å²) in [5.41, 5.74) is 7.05. The first-order chi connectivity index (χ1) is 6.77. The molecule has 0 bridgehead atoms. The Kier molecular flexibility index (Phi) is 4.63. The Bertz CT molecular complexity index is 242. The first-order valence-electron chi connectivity index (χ1n) is 5.22. The molecule has 0 saturated heterocycles. The second-order valence-corrected chi connectivity index (χ2v) is 3.70. The molecular weight excluding hydrogens is 172 g/mol. The van der Waals surface area contributed by atoms with Gasteiger partial charge in [-0.15, -0.1) is 0 Å². The molecule has 0 unspecified atom stereocenters. The Morgan fingerprint density at radius 1 is 1.29 bits per heavy atom. The minimum absolute atomic E-state index is 0.496. The van der Waals surface area contributed by atoms with Crippen molar-refractivity contribution in [2.45, 2.75) is 25.9 Å².